The molecular weight excluding hydrogens is 298 g/mol. The summed E-state index contributed by atoms with van der Waals surface area (Å²) in [5, 5.41) is 0. The van der Waals surface area contributed by atoms with Crippen LogP contribution in [0.1, 0.15) is 23.2 Å². The van der Waals surface area contributed by atoms with Crippen molar-refractivity contribution in [1.29, 1.82) is 0 Å². The van der Waals surface area contributed by atoms with Crippen LogP contribution in [0.5, 0.6) is 0 Å². The maximum atomic E-state index is 12.4. The zero-order valence-electron chi connectivity index (χ0n) is 10.1. The molecule has 1 aromatic rings. The van der Waals surface area contributed by atoms with E-state index in [4.69, 9.17) is 4.74 Å². The molecule has 1 heterocycles. The third kappa shape index (κ3) is 2.41. The van der Waals surface area contributed by atoms with Gasteiger partial charge >= 0.3 is 5.97 Å². The first-order chi connectivity index (χ1) is 8.65. The number of hydrogen-bond donors (Lipinski definition) is 0. The van der Waals surface area contributed by atoms with Crippen molar-refractivity contribution in [3.05, 3.63) is 34.3 Å². The maximum absolute atomic E-state index is 12.4. The average Bonchev–Trinajstić information content (AvgIpc) is 2.86. The van der Waals surface area contributed by atoms with Gasteiger partial charge in [-0.05, 0) is 40.9 Å². The highest BCUT2D eigenvalue weighted by molar-refractivity contribution is 9.10. The van der Waals surface area contributed by atoms with E-state index in [1.165, 1.54) is 7.11 Å². The Morgan fingerprint density at radius 2 is 2.11 bits per heavy atom. The molecule has 0 N–H and O–H groups in total. The van der Waals surface area contributed by atoms with Gasteiger partial charge in [-0.25, -0.2) is 4.79 Å². The number of carbonyl (C=O) groups is 2. The van der Waals surface area contributed by atoms with Crippen molar-refractivity contribution < 1.29 is 14.3 Å². The normalized spacial score (nSPS) is 18.8. The van der Waals surface area contributed by atoms with Crippen LogP contribution in [0.2, 0.25) is 0 Å². The third-order valence-corrected chi connectivity index (χ3v) is 3.78. The SMILES string of the molecule is COC(=O)C1CCCN1C(=O)c1ccccc1Br. The number of methoxy groups -OCH3 is 1. The fourth-order valence-corrected chi connectivity index (χ4v) is 2.63. The van der Waals surface area contributed by atoms with Crippen LogP contribution in [0.4, 0.5) is 0 Å². The van der Waals surface area contributed by atoms with Gasteiger partial charge in [0.05, 0.1) is 12.7 Å². The molecule has 0 aromatic heterocycles. The highest BCUT2D eigenvalue weighted by Gasteiger charge is 2.35. The van der Waals surface area contributed by atoms with E-state index >= 15 is 0 Å². The summed E-state index contributed by atoms with van der Waals surface area (Å²) in [6.07, 6.45) is 1.50. The molecule has 5 heteroatoms. The number of esters is 1. The predicted octanol–water partition coefficient (Wildman–Crippen LogP) is 2.23. The first-order valence-corrected chi connectivity index (χ1v) is 6.57. The van der Waals surface area contributed by atoms with Crippen LogP contribution >= 0.6 is 15.9 Å². The van der Waals surface area contributed by atoms with Crippen molar-refractivity contribution in [1.82, 2.24) is 4.90 Å². The molecule has 0 spiro atoms. The van der Waals surface area contributed by atoms with Gasteiger partial charge in [0.15, 0.2) is 0 Å². The number of halogens is 1. The Bertz CT molecular complexity index is 475. The van der Waals surface area contributed by atoms with Gasteiger partial charge in [-0.2, -0.15) is 0 Å². The number of hydrogen-bond acceptors (Lipinski definition) is 3. The van der Waals surface area contributed by atoms with Gasteiger partial charge in [0.25, 0.3) is 5.91 Å². The molecule has 1 aliphatic rings. The van der Waals surface area contributed by atoms with E-state index in [-0.39, 0.29) is 11.9 Å². The van der Waals surface area contributed by atoms with Gasteiger partial charge in [0, 0.05) is 11.0 Å². The highest BCUT2D eigenvalue weighted by atomic mass is 79.9. The fourth-order valence-electron chi connectivity index (χ4n) is 2.18. The van der Waals surface area contributed by atoms with Crippen LogP contribution in [0, 0.1) is 0 Å². The Balaban J connectivity index is 2.23. The molecule has 96 valence electrons. The van der Waals surface area contributed by atoms with Gasteiger partial charge in [-0.1, -0.05) is 12.1 Å². The van der Waals surface area contributed by atoms with Gasteiger partial charge in [-0.15, -0.1) is 0 Å². The molecule has 1 saturated heterocycles. The summed E-state index contributed by atoms with van der Waals surface area (Å²) >= 11 is 3.35. The third-order valence-electron chi connectivity index (χ3n) is 3.09. The second-order valence-corrected chi connectivity index (χ2v) is 5.01. The smallest absolute Gasteiger partial charge is 0.328 e. The van der Waals surface area contributed by atoms with E-state index in [0.29, 0.717) is 18.5 Å². The summed E-state index contributed by atoms with van der Waals surface area (Å²) in [4.78, 5) is 25.6. The molecule has 1 atom stereocenters. The van der Waals surface area contributed by atoms with Crippen LogP contribution in [-0.4, -0.2) is 36.5 Å². The number of nitrogens with zero attached hydrogens (tertiary/aromatic N) is 1. The lowest BCUT2D eigenvalue weighted by molar-refractivity contribution is -0.145. The standard InChI is InChI=1S/C13H14BrNO3/c1-18-13(17)11-7-4-8-15(11)12(16)9-5-2-3-6-10(9)14/h2-3,5-6,11H,4,7-8H2,1H3. The molecule has 0 saturated carbocycles. The molecule has 1 amide bonds. The quantitative estimate of drug-likeness (QED) is 0.787. The molecular formula is C13H14BrNO3. The Labute approximate surface area is 114 Å². The molecule has 1 aliphatic heterocycles. The monoisotopic (exact) mass is 311 g/mol. The Hall–Kier alpha value is -1.36. The molecule has 0 aliphatic carbocycles. The number of likely N-dealkylation sites (tertiary alicyclic amines) is 1. The molecule has 1 unspecified atom stereocenters. The van der Waals surface area contributed by atoms with Crippen LogP contribution in [0.3, 0.4) is 0 Å². The Kier molecular flexibility index (Phi) is 4.01. The highest BCUT2D eigenvalue weighted by Crippen LogP contribution is 2.24. The van der Waals surface area contributed by atoms with E-state index in [1.54, 1.807) is 17.0 Å². The van der Waals surface area contributed by atoms with Crippen LogP contribution in [-0.2, 0) is 9.53 Å². The van der Waals surface area contributed by atoms with Crippen molar-refractivity contribution in [3.63, 3.8) is 0 Å². The maximum Gasteiger partial charge on any atom is 0.328 e. The lowest BCUT2D eigenvalue weighted by Crippen LogP contribution is -2.41. The summed E-state index contributed by atoms with van der Waals surface area (Å²) < 4.78 is 5.48. The molecule has 4 nitrogen and oxygen atoms in total. The van der Waals surface area contributed by atoms with Crippen molar-refractivity contribution in [2.45, 2.75) is 18.9 Å². The predicted molar refractivity (Wildman–Crippen MR) is 70.2 cm³/mol. The van der Waals surface area contributed by atoms with Gasteiger partial charge in [0.1, 0.15) is 6.04 Å². The molecule has 1 aromatic carbocycles. The molecule has 1 fully saturated rings. The van der Waals surface area contributed by atoms with Gasteiger partial charge in [0.2, 0.25) is 0 Å². The number of amides is 1. The van der Waals surface area contributed by atoms with E-state index < -0.39 is 6.04 Å². The minimum Gasteiger partial charge on any atom is -0.467 e. The van der Waals surface area contributed by atoms with Gasteiger partial charge < -0.3 is 9.64 Å². The second-order valence-electron chi connectivity index (χ2n) is 4.16. The number of carbonyl (C=O) groups excluding carboxylic acids is 2. The number of rotatable bonds is 2. The molecule has 2 rings (SSSR count). The van der Waals surface area contributed by atoms with E-state index in [0.717, 1.165) is 10.9 Å². The average molecular weight is 312 g/mol. The first kappa shape index (κ1) is 13.1. The lowest BCUT2D eigenvalue weighted by Gasteiger charge is -2.23. The summed E-state index contributed by atoms with van der Waals surface area (Å²) in [6, 6.07) is 6.77. The van der Waals surface area contributed by atoms with Crippen LogP contribution in [0.25, 0.3) is 0 Å². The van der Waals surface area contributed by atoms with Crippen molar-refractivity contribution in [3.8, 4) is 0 Å². The van der Waals surface area contributed by atoms with Crippen molar-refractivity contribution in [2.24, 2.45) is 0 Å². The number of benzene rings is 1. The zero-order chi connectivity index (χ0) is 13.1. The summed E-state index contributed by atoms with van der Waals surface area (Å²) in [5.41, 5.74) is 0.577. The number of ether oxygens (including phenoxy) is 1. The largest absolute Gasteiger partial charge is 0.467 e. The Morgan fingerprint density at radius 3 is 2.78 bits per heavy atom. The van der Waals surface area contributed by atoms with Crippen molar-refractivity contribution in [2.75, 3.05) is 13.7 Å². The second kappa shape index (κ2) is 5.52. The van der Waals surface area contributed by atoms with Gasteiger partial charge in [-0.3, -0.25) is 4.79 Å². The van der Waals surface area contributed by atoms with E-state index in [1.807, 2.05) is 12.1 Å². The summed E-state index contributed by atoms with van der Waals surface area (Å²) in [6.45, 7) is 0.597. The molecule has 0 radical (unpaired) electrons. The van der Waals surface area contributed by atoms with E-state index in [2.05, 4.69) is 15.9 Å². The lowest BCUT2D eigenvalue weighted by atomic mass is 10.1. The zero-order valence-corrected chi connectivity index (χ0v) is 11.6. The van der Waals surface area contributed by atoms with E-state index in [9.17, 15) is 9.59 Å². The minimum absolute atomic E-state index is 0.129. The van der Waals surface area contributed by atoms with Crippen molar-refractivity contribution >= 4 is 27.8 Å². The first-order valence-electron chi connectivity index (χ1n) is 5.78. The topological polar surface area (TPSA) is 46.6 Å². The Morgan fingerprint density at radius 1 is 1.39 bits per heavy atom. The summed E-state index contributed by atoms with van der Waals surface area (Å²) in [7, 11) is 1.35. The fraction of sp³-hybridized carbons (Fsp3) is 0.385. The molecule has 18 heavy (non-hydrogen) atoms. The van der Waals surface area contributed by atoms with Crippen LogP contribution in [0.15, 0.2) is 28.7 Å². The minimum atomic E-state index is -0.449. The van der Waals surface area contributed by atoms with Crippen LogP contribution < -0.4 is 0 Å². The molecule has 0 bridgehead atoms. The summed E-state index contributed by atoms with van der Waals surface area (Å²) in [5.74, 6) is -0.469.